The summed E-state index contributed by atoms with van der Waals surface area (Å²) in [6.45, 7) is 13.4. The average Bonchev–Trinajstić information content (AvgIpc) is 2.15. The van der Waals surface area contributed by atoms with Crippen LogP contribution in [0.2, 0.25) is 5.02 Å². The number of benzene rings is 1. The smallest absolute Gasteiger partial charge is 0.0441 e. The van der Waals surface area contributed by atoms with E-state index in [0.717, 1.165) is 17.0 Å². The minimum Gasteiger partial charge on any atom is -0.0840 e. The molecule has 89 valence electrons. The zero-order valence-electron chi connectivity index (χ0n) is 10.8. The van der Waals surface area contributed by atoms with E-state index in [1.165, 1.54) is 0 Å². The summed E-state index contributed by atoms with van der Waals surface area (Å²) < 4.78 is 0. The summed E-state index contributed by atoms with van der Waals surface area (Å²) in [6.07, 6.45) is 1.16. The fraction of sp³-hybridized carbons (Fsp3) is 0.533. The third kappa shape index (κ3) is 3.25. The first-order valence-electron chi connectivity index (χ1n) is 5.92. The van der Waals surface area contributed by atoms with E-state index in [0.29, 0.717) is 5.92 Å². The standard InChI is InChI=1S/C15H22Cl/c1-11(2)10-15(4,5)12(3)13-8-6-7-9-14(13)16/h6-9,11-12H,3,10H2,1-2,4-5H3. The summed E-state index contributed by atoms with van der Waals surface area (Å²) in [5.41, 5.74) is 1.34. The van der Waals surface area contributed by atoms with Crippen LogP contribution in [0.25, 0.3) is 0 Å². The van der Waals surface area contributed by atoms with Gasteiger partial charge in [-0.05, 0) is 42.2 Å². The second-order valence-electron chi connectivity index (χ2n) is 5.66. The Morgan fingerprint density at radius 1 is 1.25 bits per heavy atom. The van der Waals surface area contributed by atoms with E-state index in [2.05, 4.69) is 40.7 Å². The molecule has 0 aliphatic heterocycles. The molecule has 1 unspecified atom stereocenters. The van der Waals surface area contributed by atoms with Gasteiger partial charge in [0.05, 0.1) is 0 Å². The number of hydrogen-bond donors (Lipinski definition) is 0. The molecule has 0 saturated carbocycles. The Bertz CT molecular complexity index is 339. The second kappa shape index (κ2) is 5.23. The molecule has 1 rings (SSSR count). The van der Waals surface area contributed by atoms with E-state index in [4.69, 9.17) is 11.6 Å². The van der Waals surface area contributed by atoms with Gasteiger partial charge in [-0.3, -0.25) is 0 Å². The van der Waals surface area contributed by atoms with Crippen molar-refractivity contribution >= 4 is 11.6 Å². The van der Waals surface area contributed by atoms with Crippen molar-refractivity contribution in [1.29, 1.82) is 0 Å². The van der Waals surface area contributed by atoms with Gasteiger partial charge in [-0.1, -0.05) is 57.5 Å². The molecule has 0 aliphatic carbocycles. The van der Waals surface area contributed by atoms with Crippen molar-refractivity contribution < 1.29 is 0 Å². The number of rotatable bonds is 4. The third-order valence-electron chi connectivity index (χ3n) is 3.16. The monoisotopic (exact) mass is 237 g/mol. The summed E-state index contributed by atoms with van der Waals surface area (Å²) in [7, 11) is 0. The van der Waals surface area contributed by atoms with Crippen molar-refractivity contribution in [2.45, 2.75) is 40.0 Å². The molecule has 1 heteroatoms. The lowest BCUT2D eigenvalue weighted by atomic mass is 9.71. The molecule has 0 N–H and O–H groups in total. The van der Waals surface area contributed by atoms with Crippen molar-refractivity contribution in [2.75, 3.05) is 0 Å². The number of halogens is 1. The first-order chi connectivity index (χ1) is 7.34. The Morgan fingerprint density at radius 2 is 1.81 bits per heavy atom. The van der Waals surface area contributed by atoms with Crippen LogP contribution < -0.4 is 0 Å². The molecule has 1 aromatic carbocycles. The van der Waals surface area contributed by atoms with Crippen LogP contribution in [0.1, 0.15) is 45.6 Å². The molecule has 0 heterocycles. The van der Waals surface area contributed by atoms with Crippen molar-refractivity contribution in [3.8, 4) is 0 Å². The van der Waals surface area contributed by atoms with Crippen molar-refractivity contribution in [3.05, 3.63) is 41.8 Å². The first-order valence-corrected chi connectivity index (χ1v) is 6.30. The Hall–Kier alpha value is -0.490. The minimum absolute atomic E-state index is 0.180. The van der Waals surface area contributed by atoms with Gasteiger partial charge in [-0.25, -0.2) is 0 Å². The van der Waals surface area contributed by atoms with Gasteiger partial charge in [0.25, 0.3) is 0 Å². The van der Waals surface area contributed by atoms with E-state index in [1.54, 1.807) is 0 Å². The average molecular weight is 238 g/mol. The zero-order chi connectivity index (χ0) is 12.3. The fourth-order valence-corrected chi connectivity index (χ4v) is 2.64. The molecule has 16 heavy (non-hydrogen) atoms. The Labute approximate surface area is 105 Å². The summed E-state index contributed by atoms with van der Waals surface area (Å²) in [4.78, 5) is 0. The summed E-state index contributed by atoms with van der Waals surface area (Å²) >= 11 is 6.22. The molecule has 0 bridgehead atoms. The Balaban J connectivity index is 2.93. The molecule has 0 saturated heterocycles. The molecular formula is C15H22Cl. The van der Waals surface area contributed by atoms with Crippen molar-refractivity contribution in [3.63, 3.8) is 0 Å². The van der Waals surface area contributed by atoms with Crippen LogP contribution in [-0.4, -0.2) is 0 Å². The molecular weight excluding hydrogens is 216 g/mol. The van der Waals surface area contributed by atoms with E-state index in [9.17, 15) is 0 Å². The van der Waals surface area contributed by atoms with Crippen molar-refractivity contribution in [1.82, 2.24) is 0 Å². The third-order valence-corrected chi connectivity index (χ3v) is 3.50. The van der Waals surface area contributed by atoms with Gasteiger partial charge in [0.2, 0.25) is 0 Å². The van der Waals surface area contributed by atoms with Crippen LogP contribution in [0.3, 0.4) is 0 Å². The maximum absolute atomic E-state index is 6.22. The van der Waals surface area contributed by atoms with Gasteiger partial charge in [0.1, 0.15) is 0 Å². The Kier molecular flexibility index (Phi) is 4.43. The highest BCUT2D eigenvalue weighted by Crippen LogP contribution is 2.41. The molecule has 0 spiro atoms. The fourth-order valence-electron chi connectivity index (χ4n) is 2.37. The van der Waals surface area contributed by atoms with E-state index in [1.807, 2.05) is 18.2 Å². The first kappa shape index (κ1) is 13.6. The predicted octanol–water partition coefficient (Wildman–Crippen LogP) is 5.33. The summed E-state index contributed by atoms with van der Waals surface area (Å²) in [5.74, 6) is 0.922. The maximum atomic E-state index is 6.22. The second-order valence-corrected chi connectivity index (χ2v) is 6.07. The van der Waals surface area contributed by atoms with Crippen LogP contribution >= 0.6 is 11.6 Å². The van der Waals surface area contributed by atoms with E-state index in [-0.39, 0.29) is 11.3 Å². The molecule has 0 aliphatic rings. The SMILES string of the molecule is [CH2]C(c1ccccc1Cl)C(C)(C)CC(C)C. The summed E-state index contributed by atoms with van der Waals surface area (Å²) in [5, 5.41) is 0.833. The van der Waals surface area contributed by atoms with Gasteiger partial charge in [0.15, 0.2) is 0 Å². The highest BCUT2D eigenvalue weighted by atomic mass is 35.5. The molecule has 0 fully saturated rings. The molecule has 1 atom stereocenters. The van der Waals surface area contributed by atoms with E-state index < -0.39 is 0 Å². The lowest BCUT2D eigenvalue weighted by molar-refractivity contribution is 0.255. The molecule has 0 amide bonds. The van der Waals surface area contributed by atoms with Crippen molar-refractivity contribution in [2.24, 2.45) is 11.3 Å². The predicted molar refractivity (Wildman–Crippen MR) is 72.8 cm³/mol. The highest BCUT2D eigenvalue weighted by molar-refractivity contribution is 6.31. The summed E-state index contributed by atoms with van der Waals surface area (Å²) in [6, 6.07) is 8.03. The number of hydrogen-bond acceptors (Lipinski definition) is 0. The van der Waals surface area contributed by atoms with Crippen LogP contribution in [0.15, 0.2) is 24.3 Å². The van der Waals surface area contributed by atoms with Gasteiger partial charge in [-0.15, -0.1) is 0 Å². The normalized spacial score (nSPS) is 14.2. The van der Waals surface area contributed by atoms with Crippen LogP contribution in [-0.2, 0) is 0 Å². The zero-order valence-corrected chi connectivity index (χ0v) is 11.5. The molecule has 1 aromatic rings. The largest absolute Gasteiger partial charge is 0.0840 e. The van der Waals surface area contributed by atoms with E-state index >= 15 is 0 Å². The maximum Gasteiger partial charge on any atom is 0.0441 e. The topological polar surface area (TPSA) is 0 Å². The lowest BCUT2D eigenvalue weighted by Gasteiger charge is -2.34. The highest BCUT2D eigenvalue weighted by Gasteiger charge is 2.29. The van der Waals surface area contributed by atoms with Crippen LogP contribution in [0.4, 0.5) is 0 Å². The van der Waals surface area contributed by atoms with Crippen LogP contribution in [0.5, 0.6) is 0 Å². The van der Waals surface area contributed by atoms with Gasteiger partial charge < -0.3 is 0 Å². The molecule has 1 radical (unpaired) electrons. The Morgan fingerprint density at radius 3 is 2.31 bits per heavy atom. The molecule has 0 aromatic heterocycles. The lowest BCUT2D eigenvalue weighted by Crippen LogP contribution is -2.22. The van der Waals surface area contributed by atoms with Gasteiger partial charge in [-0.2, -0.15) is 0 Å². The van der Waals surface area contributed by atoms with Crippen LogP contribution in [0, 0.1) is 18.3 Å². The quantitative estimate of drug-likeness (QED) is 0.664. The van der Waals surface area contributed by atoms with Gasteiger partial charge in [0, 0.05) is 5.02 Å². The minimum atomic E-state index is 0.180. The van der Waals surface area contributed by atoms with Gasteiger partial charge >= 0.3 is 0 Å². The molecule has 0 nitrogen and oxygen atoms in total.